The van der Waals surface area contributed by atoms with Gasteiger partial charge < -0.3 is 14.7 Å². The molecule has 2 saturated carbocycles. The molecule has 456 valence electrons. The SMILES string of the molecule is CC(C)(C)c1ccc2c(c1)-c1cc(C(C)(C)C)ccc1C2c1ccc2c(c1)N(c1c(-c3ccccc3)cccc1-c1ccccc1)c1cc(-c3ccccc3)cc3c1B2c1ccc(N2C4CC5CC(C4)CC2C5)cc1N3c1c(-c2ccccc2)cccc1-c1ccccc1. The van der Waals surface area contributed by atoms with Gasteiger partial charge in [0.05, 0.1) is 11.4 Å². The number of benzene rings is 12. The van der Waals surface area contributed by atoms with Crippen LogP contribution in [0.5, 0.6) is 0 Å². The Morgan fingerprint density at radius 3 is 1.13 bits per heavy atom. The average molecular weight is 1210 g/mol. The van der Waals surface area contributed by atoms with E-state index in [0.29, 0.717) is 12.1 Å². The molecular formula is C90H78BN3. The summed E-state index contributed by atoms with van der Waals surface area (Å²) in [4.78, 5) is 8.41. The molecule has 0 aromatic heterocycles. The van der Waals surface area contributed by atoms with Crippen LogP contribution in [0.4, 0.5) is 39.8 Å². The third kappa shape index (κ3) is 9.21. The van der Waals surface area contributed by atoms with Gasteiger partial charge in [0, 0.05) is 68.7 Å². The Hall–Kier alpha value is -9.90. The van der Waals surface area contributed by atoms with Crippen molar-refractivity contribution in [3.8, 4) is 66.8 Å². The highest BCUT2D eigenvalue weighted by molar-refractivity contribution is 7.00. The van der Waals surface area contributed by atoms with Crippen molar-refractivity contribution >= 4 is 62.9 Å². The smallest absolute Gasteiger partial charge is 0.252 e. The predicted molar refractivity (Wildman–Crippen MR) is 398 cm³/mol. The monoisotopic (exact) mass is 1210 g/mol. The number of hydrogen-bond donors (Lipinski definition) is 0. The molecule has 4 bridgehead atoms. The molecule has 12 aromatic rings. The third-order valence-corrected chi connectivity index (χ3v) is 22.3. The molecule has 2 saturated heterocycles. The average Bonchev–Trinajstić information content (AvgIpc) is 0.785. The zero-order valence-corrected chi connectivity index (χ0v) is 54.8. The largest absolute Gasteiger partial charge is 0.365 e. The third-order valence-electron chi connectivity index (χ3n) is 22.3. The summed E-state index contributed by atoms with van der Waals surface area (Å²) < 4.78 is 0. The van der Waals surface area contributed by atoms with Crippen LogP contribution in [0, 0.1) is 11.8 Å². The van der Waals surface area contributed by atoms with E-state index in [1.165, 1.54) is 177 Å². The molecule has 3 nitrogen and oxygen atoms in total. The Balaban J connectivity index is 0.975. The Morgan fingerprint density at radius 1 is 0.319 bits per heavy atom. The zero-order valence-electron chi connectivity index (χ0n) is 54.8. The molecule has 0 unspecified atom stereocenters. The molecule has 12 aromatic carbocycles. The van der Waals surface area contributed by atoms with Gasteiger partial charge >= 0.3 is 0 Å². The molecule has 3 aliphatic carbocycles. The first-order chi connectivity index (χ1) is 45.9. The van der Waals surface area contributed by atoms with Gasteiger partial charge in [0.2, 0.25) is 0 Å². The fourth-order valence-corrected chi connectivity index (χ4v) is 18.1. The van der Waals surface area contributed by atoms with Crippen LogP contribution in [-0.4, -0.2) is 18.8 Å². The van der Waals surface area contributed by atoms with Crippen LogP contribution in [0.3, 0.4) is 0 Å². The molecule has 0 N–H and O–H groups in total. The van der Waals surface area contributed by atoms with Gasteiger partial charge in [-0.05, 0) is 174 Å². The first-order valence-corrected chi connectivity index (χ1v) is 34.5. The second kappa shape index (κ2) is 21.9. The lowest BCUT2D eigenvalue weighted by Crippen LogP contribution is -2.62. The Labute approximate surface area is 556 Å². The van der Waals surface area contributed by atoms with Crippen molar-refractivity contribution in [2.24, 2.45) is 11.8 Å². The van der Waals surface area contributed by atoms with E-state index in [0.717, 1.165) is 17.5 Å². The normalized spacial score (nSPS) is 18.2. The van der Waals surface area contributed by atoms with Crippen molar-refractivity contribution in [2.75, 3.05) is 14.7 Å². The fraction of sp³-hybridized carbons (Fsp3) is 0.200. The van der Waals surface area contributed by atoms with Gasteiger partial charge in [-0.25, -0.2) is 0 Å². The lowest BCUT2D eigenvalue weighted by atomic mass is 9.33. The number of para-hydroxylation sites is 2. The topological polar surface area (TPSA) is 9.72 Å². The van der Waals surface area contributed by atoms with Crippen LogP contribution in [0.1, 0.15) is 107 Å². The van der Waals surface area contributed by atoms with Crippen molar-refractivity contribution in [1.82, 2.24) is 0 Å². The number of hydrogen-bond acceptors (Lipinski definition) is 3. The van der Waals surface area contributed by atoms with Crippen LogP contribution >= 0.6 is 0 Å². The number of fused-ring (bicyclic) bond motifs is 7. The van der Waals surface area contributed by atoms with E-state index < -0.39 is 0 Å². The van der Waals surface area contributed by atoms with Crippen LogP contribution in [-0.2, 0) is 10.8 Å². The minimum atomic E-state index is -0.135. The number of piperidine rings is 2. The van der Waals surface area contributed by atoms with Crippen LogP contribution in [0.2, 0.25) is 0 Å². The van der Waals surface area contributed by atoms with Crippen molar-refractivity contribution in [3.05, 3.63) is 301 Å². The summed E-state index contributed by atoms with van der Waals surface area (Å²) in [6.45, 7) is 14.0. The molecular weight excluding hydrogens is 1130 g/mol. The summed E-state index contributed by atoms with van der Waals surface area (Å²) in [5, 5.41) is 0. The molecule has 0 radical (unpaired) electrons. The van der Waals surface area contributed by atoms with Crippen LogP contribution in [0.15, 0.2) is 273 Å². The van der Waals surface area contributed by atoms with E-state index >= 15 is 0 Å². The van der Waals surface area contributed by atoms with E-state index in [1.807, 2.05) is 0 Å². The minimum absolute atomic E-state index is 0.00313. The highest BCUT2D eigenvalue weighted by Gasteiger charge is 2.50. The van der Waals surface area contributed by atoms with Crippen molar-refractivity contribution in [1.29, 1.82) is 0 Å². The molecule has 0 spiro atoms. The van der Waals surface area contributed by atoms with Crippen LogP contribution in [0.25, 0.3) is 66.8 Å². The molecule has 4 aliphatic heterocycles. The molecule has 4 heterocycles. The second-order valence-corrected chi connectivity index (χ2v) is 30.0. The second-order valence-electron chi connectivity index (χ2n) is 30.0. The Morgan fingerprint density at radius 2 is 0.713 bits per heavy atom. The van der Waals surface area contributed by atoms with E-state index in [4.69, 9.17) is 0 Å². The first kappa shape index (κ1) is 56.8. The maximum absolute atomic E-state index is 2.91. The van der Waals surface area contributed by atoms with Gasteiger partial charge in [0.1, 0.15) is 0 Å². The summed E-state index contributed by atoms with van der Waals surface area (Å²) >= 11 is 0. The zero-order chi connectivity index (χ0) is 63.1. The minimum Gasteiger partial charge on any atom is -0.365 e. The van der Waals surface area contributed by atoms with Crippen molar-refractivity contribution in [3.63, 3.8) is 0 Å². The van der Waals surface area contributed by atoms with Crippen LogP contribution < -0.4 is 31.1 Å². The van der Waals surface area contributed by atoms with Gasteiger partial charge in [-0.3, -0.25) is 0 Å². The Bertz CT molecular complexity index is 4740. The lowest BCUT2D eigenvalue weighted by molar-refractivity contribution is 0.0900. The summed E-state index contributed by atoms with van der Waals surface area (Å²) in [6.07, 6.45) is 6.60. The maximum atomic E-state index is 2.91. The molecule has 4 heteroatoms. The fourth-order valence-electron chi connectivity index (χ4n) is 18.1. The highest BCUT2D eigenvalue weighted by Crippen LogP contribution is 2.57. The van der Waals surface area contributed by atoms with E-state index in [1.54, 1.807) is 0 Å². The molecule has 19 rings (SSSR count). The van der Waals surface area contributed by atoms with Crippen molar-refractivity contribution in [2.45, 2.75) is 102 Å². The highest BCUT2D eigenvalue weighted by atomic mass is 15.2. The number of nitrogens with zero attached hydrogens (tertiary/aromatic N) is 3. The van der Waals surface area contributed by atoms with E-state index in [2.05, 4.69) is 329 Å². The van der Waals surface area contributed by atoms with E-state index in [-0.39, 0.29) is 23.5 Å². The van der Waals surface area contributed by atoms with Gasteiger partial charge in [0.15, 0.2) is 0 Å². The standard InChI is InChI=1S/C90H78BN3/c1-89(2,3)66-39-42-75-77(54-66)78-55-67(90(4,5)6)40-43-76(78)85(75)64-38-44-79-81(51-64)93(87-71(60-26-14-8-15-27-60)34-22-35-72(87)61-28-16-9-17-29-61)83-52-65(59-24-12-7-13-25-59)53-84-86(83)91(79)80-45-41-68(92-69-47-57-46-58(49-69)50-70(92)48-57)56-82(80)94(84)88-73(62-30-18-10-19-31-62)36-23-37-74(88)63-32-20-11-21-33-63/h7-45,51-58,69-70,85H,46-50H2,1-6H3. The van der Waals surface area contributed by atoms with Gasteiger partial charge in [-0.1, -0.05) is 284 Å². The first-order valence-electron chi connectivity index (χ1n) is 34.5. The molecule has 94 heavy (non-hydrogen) atoms. The predicted octanol–water partition coefficient (Wildman–Crippen LogP) is 21.6. The summed E-state index contributed by atoms with van der Waals surface area (Å²) in [6, 6.07) is 107. The summed E-state index contributed by atoms with van der Waals surface area (Å²) in [5.74, 6) is 1.69. The lowest BCUT2D eigenvalue weighted by Gasteiger charge is -2.57. The number of rotatable bonds is 9. The van der Waals surface area contributed by atoms with Gasteiger partial charge in [-0.15, -0.1) is 0 Å². The van der Waals surface area contributed by atoms with E-state index in [9.17, 15) is 0 Å². The van der Waals surface area contributed by atoms with Gasteiger partial charge in [0.25, 0.3) is 6.71 Å². The molecule has 0 amide bonds. The maximum Gasteiger partial charge on any atom is 0.252 e. The molecule has 7 aliphatic rings. The Kier molecular flexibility index (Phi) is 13.2. The quantitative estimate of drug-likeness (QED) is 0.133. The summed E-state index contributed by atoms with van der Waals surface area (Å²) in [5.41, 5.74) is 33.8. The van der Waals surface area contributed by atoms with Crippen molar-refractivity contribution < 1.29 is 0 Å². The molecule has 4 fully saturated rings. The number of anilines is 7. The summed E-state index contributed by atoms with van der Waals surface area (Å²) in [7, 11) is 0. The van der Waals surface area contributed by atoms with Gasteiger partial charge in [-0.2, -0.15) is 0 Å². The molecule has 0 atom stereocenters.